The molecule has 0 spiro atoms. The average Bonchev–Trinajstić information content (AvgIpc) is 2.75. The van der Waals surface area contributed by atoms with Crippen LogP contribution < -0.4 is 0 Å². The van der Waals surface area contributed by atoms with Gasteiger partial charge in [0.05, 0.1) is 11.1 Å². The molecule has 0 fully saturated rings. The van der Waals surface area contributed by atoms with Crippen LogP contribution in [0, 0.1) is 0 Å². The number of benzene rings is 2. The summed E-state index contributed by atoms with van der Waals surface area (Å²) in [5, 5.41) is 0. The maximum atomic E-state index is 12.2. The zero-order valence-corrected chi connectivity index (χ0v) is 13.5. The third kappa shape index (κ3) is 2.89. The van der Waals surface area contributed by atoms with Crippen molar-refractivity contribution in [3.8, 4) is 0 Å². The van der Waals surface area contributed by atoms with Crippen LogP contribution in [0.5, 0.6) is 0 Å². The molecule has 2 aromatic rings. The number of halogens is 1. The lowest BCUT2D eigenvalue weighted by Crippen LogP contribution is -2.31. The summed E-state index contributed by atoms with van der Waals surface area (Å²) in [7, 11) is 0. The molecule has 0 unspecified atom stereocenters. The first-order valence-corrected chi connectivity index (χ1v) is 8.28. The fourth-order valence-corrected chi connectivity index (χ4v) is 3.33. The molecule has 2 aromatic carbocycles. The topological polar surface area (TPSA) is 37.4 Å². The minimum Gasteiger partial charge on any atom is -0.273 e. The molecule has 3 rings (SSSR count). The molecule has 0 radical (unpaired) electrons. The first-order valence-electron chi connectivity index (χ1n) is 6.50. The summed E-state index contributed by atoms with van der Waals surface area (Å²) < 4.78 is 1.03. The predicted octanol–water partition coefficient (Wildman–Crippen LogP) is 3.84. The minimum absolute atomic E-state index is 0.188. The number of fused-ring (bicyclic) bond motifs is 1. The van der Waals surface area contributed by atoms with E-state index in [1.165, 1.54) is 4.90 Å². The molecule has 0 saturated carbocycles. The van der Waals surface area contributed by atoms with Crippen molar-refractivity contribution in [3.05, 3.63) is 64.1 Å². The molecule has 1 aliphatic heterocycles. The monoisotopic (exact) mass is 361 g/mol. The third-order valence-corrected chi connectivity index (χ3v) is 4.80. The highest BCUT2D eigenvalue weighted by atomic mass is 79.9. The van der Waals surface area contributed by atoms with Crippen LogP contribution in [0.3, 0.4) is 0 Å². The number of hydrogen-bond donors (Lipinski definition) is 0. The Labute approximate surface area is 135 Å². The van der Waals surface area contributed by atoms with Gasteiger partial charge in [-0.15, -0.1) is 11.8 Å². The summed E-state index contributed by atoms with van der Waals surface area (Å²) in [6, 6.07) is 15.0. The van der Waals surface area contributed by atoms with Crippen LogP contribution in [0.2, 0.25) is 0 Å². The molecule has 5 heteroatoms. The second kappa shape index (κ2) is 6.03. The molecule has 21 heavy (non-hydrogen) atoms. The number of imide groups is 1. The number of nitrogens with zero attached hydrogens (tertiary/aromatic N) is 1. The molecule has 2 amide bonds. The van der Waals surface area contributed by atoms with Gasteiger partial charge in [-0.05, 0) is 36.4 Å². The van der Waals surface area contributed by atoms with E-state index in [2.05, 4.69) is 15.9 Å². The number of hydrogen-bond acceptors (Lipinski definition) is 3. The molecule has 1 aliphatic rings. The van der Waals surface area contributed by atoms with Crippen molar-refractivity contribution in [1.82, 2.24) is 4.90 Å². The van der Waals surface area contributed by atoms with E-state index in [0.29, 0.717) is 23.4 Å². The number of thioether (sulfide) groups is 1. The van der Waals surface area contributed by atoms with Crippen molar-refractivity contribution in [1.29, 1.82) is 0 Å². The molecule has 0 N–H and O–H groups in total. The highest BCUT2D eigenvalue weighted by Crippen LogP contribution is 2.24. The standard InChI is InChI=1S/C16H12BrNO2S/c17-11-5-7-12(8-6-11)21-10-9-18-15(19)13-3-1-2-4-14(13)16(18)20/h1-8H,9-10H2. The third-order valence-electron chi connectivity index (χ3n) is 3.28. The van der Waals surface area contributed by atoms with Gasteiger partial charge >= 0.3 is 0 Å². The minimum atomic E-state index is -0.188. The van der Waals surface area contributed by atoms with E-state index in [1.807, 2.05) is 24.3 Å². The molecular weight excluding hydrogens is 350 g/mol. The highest BCUT2D eigenvalue weighted by molar-refractivity contribution is 9.10. The Hall–Kier alpha value is -1.59. The van der Waals surface area contributed by atoms with E-state index in [-0.39, 0.29) is 11.8 Å². The molecule has 0 aliphatic carbocycles. The number of carbonyl (C=O) groups is 2. The van der Waals surface area contributed by atoms with Crippen molar-refractivity contribution < 1.29 is 9.59 Å². The van der Waals surface area contributed by atoms with Gasteiger partial charge < -0.3 is 0 Å². The first kappa shape index (κ1) is 14.4. The molecule has 1 heterocycles. The van der Waals surface area contributed by atoms with Crippen LogP contribution >= 0.6 is 27.7 Å². The van der Waals surface area contributed by atoms with Crippen molar-refractivity contribution in [2.75, 3.05) is 12.3 Å². The average molecular weight is 362 g/mol. The van der Waals surface area contributed by atoms with Crippen LogP contribution in [0.15, 0.2) is 57.9 Å². The van der Waals surface area contributed by atoms with Crippen LogP contribution in [-0.2, 0) is 0 Å². The smallest absolute Gasteiger partial charge is 0.261 e. The summed E-state index contributed by atoms with van der Waals surface area (Å²) in [4.78, 5) is 26.8. The van der Waals surface area contributed by atoms with Crippen molar-refractivity contribution in [3.63, 3.8) is 0 Å². The van der Waals surface area contributed by atoms with Crippen LogP contribution in [0.1, 0.15) is 20.7 Å². The van der Waals surface area contributed by atoms with E-state index in [0.717, 1.165) is 9.37 Å². The van der Waals surface area contributed by atoms with Gasteiger partial charge in [-0.3, -0.25) is 14.5 Å². The van der Waals surface area contributed by atoms with Crippen LogP contribution in [-0.4, -0.2) is 29.0 Å². The maximum absolute atomic E-state index is 12.2. The molecule has 0 bridgehead atoms. The Morgan fingerprint density at radius 1 is 0.905 bits per heavy atom. The fourth-order valence-electron chi connectivity index (χ4n) is 2.23. The lowest BCUT2D eigenvalue weighted by atomic mass is 10.1. The summed E-state index contributed by atoms with van der Waals surface area (Å²) in [5.41, 5.74) is 1.02. The molecule has 0 saturated heterocycles. The summed E-state index contributed by atoms with van der Waals surface area (Å²) >= 11 is 5.02. The van der Waals surface area contributed by atoms with Gasteiger partial charge in [0.15, 0.2) is 0 Å². The summed E-state index contributed by atoms with van der Waals surface area (Å²) in [6.07, 6.45) is 0. The van der Waals surface area contributed by atoms with Gasteiger partial charge in [0, 0.05) is 21.7 Å². The Kier molecular flexibility index (Phi) is 4.12. The molecule has 106 valence electrons. The van der Waals surface area contributed by atoms with Crippen LogP contribution in [0.4, 0.5) is 0 Å². The zero-order chi connectivity index (χ0) is 14.8. The lowest BCUT2D eigenvalue weighted by molar-refractivity contribution is 0.0664. The van der Waals surface area contributed by atoms with E-state index >= 15 is 0 Å². The van der Waals surface area contributed by atoms with Gasteiger partial charge in [-0.1, -0.05) is 28.1 Å². The Balaban J connectivity index is 1.63. The van der Waals surface area contributed by atoms with E-state index < -0.39 is 0 Å². The van der Waals surface area contributed by atoms with Gasteiger partial charge in [-0.25, -0.2) is 0 Å². The highest BCUT2D eigenvalue weighted by Gasteiger charge is 2.34. The molecular formula is C16H12BrNO2S. The SMILES string of the molecule is O=C1c2ccccc2C(=O)N1CCSc1ccc(Br)cc1. The quantitative estimate of drug-likeness (QED) is 0.613. The van der Waals surface area contributed by atoms with Crippen molar-refractivity contribution in [2.24, 2.45) is 0 Å². The first-order chi connectivity index (χ1) is 10.2. The second-order valence-corrected chi connectivity index (χ2v) is 6.69. The summed E-state index contributed by atoms with van der Waals surface area (Å²) in [5.74, 6) is 0.312. The van der Waals surface area contributed by atoms with E-state index in [9.17, 15) is 9.59 Å². The second-order valence-electron chi connectivity index (χ2n) is 4.61. The van der Waals surface area contributed by atoms with Crippen molar-refractivity contribution >= 4 is 39.5 Å². The maximum Gasteiger partial charge on any atom is 0.261 e. The number of carbonyl (C=O) groups excluding carboxylic acids is 2. The summed E-state index contributed by atoms with van der Waals surface area (Å²) in [6.45, 7) is 0.424. The fraction of sp³-hybridized carbons (Fsp3) is 0.125. The van der Waals surface area contributed by atoms with E-state index in [1.54, 1.807) is 36.0 Å². The zero-order valence-electron chi connectivity index (χ0n) is 11.1. The van der Waals surface area contributed by atoms with E-state index in [4.69, 9.17) is 0 Å². The number of amides is 2. The van der Waals surface area contributed by atoms with Gasteiger partial charge in [-0.2, -0.15) is 0 Å². The molecule has 3 nitrogen and oxygen atoms in total. The Morgan fingerprint density at radius 2 is 1.48 bits per heavy atom. The largest absolute Gasteiger partial charge is 0.273 e. The van der Waals surface area contributed by atoms with Crippen LogP contribution in [0.25, 0.3) is 0 Å². The Morgan fingerprint density at radius 3 is 2.05 bits per heavy atom. The van der Waals surface area contributed by atoms with Gasteiger partial charge in [0.25, 0.3) is 11.8 Å². The lowest BCUT2D eigenvalue weighted by Gasteiger charge is -2.13. The molecule has 0 aromatic heterocycles. The van der Waals surface area contributed by atoms with Gasteiger partial charge in [0.1, 0.15) is 0 Å². The number of rotatable bonds is 4. The molecule has 0 atom stereocenters. The van der Waals surface area contributed by atoms with Gasteiger partial charge in [0.2, 0.25) is 0 Å². The Bertz CT molecular complexity index is 665. The predicted molar refractivity (Wildman–Crippen MR) is 86.7 cm³/mol. The van der Waals surface area contributed by atoms with Crippen molar-refractivity contribution in [2.45, 2.75) is 4.90 Å². The normalized spacial score (nSPS) is 13.7.